The van der Waals surface area contributed by atoms with Gasteiger partial charge in [0.05, 0.1) is 17.4 Å². The largest absolute Gasteiger partial charge is 0.329 e. The molecule has 0 saturated carbocycles. The van der Waals surface area contributed by atoms with E-state index in [0.29, 0.717) is 11.4 Å². The van der Waals surface area contributed by atoms with Crippen molar-refractivity contribution in [2.75, 3.05) is 6.54 Å². The lowest BCUT2D eigenvalue weighted by atomic mass is 10.1. The Balaban J connectivity index is 1.58. The number of nitrogens with one attached hydrogen (secondary N) is 1. The summed E-state index contributed by atoms with van der Waals surface area (Å²) in [6.45, 7) is 0.717. The molecule has 1 aliphatic rings. The number of H-pyrrole nitrogens is 1. The Labute approximate surface area is 138 Å². The highest BCUT2D eigenvalue weighted by Crippen LogP contribution is 2.31. The second-order valence-electron chi connectivity index (χ2n) is 5.70. The molecule has 1 aliphatic heterocycles. The van der Waals surface area contributed by atoms with Gasteiger partial charge in [-0.3, -0.25) is 14.9 Å². The minimum atomic E-state index is -0.0567. The molecule has 4 heterocycles. The van der Waals surface area contributed by atoms with Crippen molar-refractivity contribution in [3.8, 4) is 11.3 Å². The Bertz CT molecular complexity index is 833. The van der Waals surface area contributed by atoms with Crippen molar-refractivity contribution in [3.05, 3.63) is 60.6 Å². The van der Waals surface area contributed by atoms with Crippen LogP contribution in [0.5, 0.6) is 0 Å². The van der Waals surface area contributed by atoms with Crippen LogP contribution in [0.1, 0.15) is 35.1 Å². The van der Waals surface area contributed by atoms with Gasteiger partial charge in [0.15, 0.2) is 0 Å². The maximum Gasteiger partial charge on any atom is 0.272 e. The van der Waals surface area contributed by atoms with Crippen LogP contribution in [0, 0.1) is 0 Å². The third-order valence-corrected chi connectivity index (χ3v) is 4.23. The van der Waals surface area contributed by atoms with Gasteiger partial charge < -0.3 is 4.90 Å². The third-order valence-electron chi connectivity index (χ3n) is 4.23. The van der Waals surface area contributed by atoms with E-state index >= 15 is 0 Å². The summed E-state index contributed by atoms with van der Waals surface area (Å²) >= 11 is 0. The lowest BCUT2D eigenvalue weighted by molar-refractivity contribution is 0.0727. The number of aromatic nitrogens is 5. The molecule has 24 heavy (non-hydrogen) atoms. The number of hydrogen-bond acceptors (Lipinski definition) is 5. The van der Waals surface area contributed by atoms with Crippen LogP contribution in [-0.2, 0) is 0 Å². The number of rotatable bonds is 3. The first-order chi connectivity index (χ1) is 11.8. The molecule has 0 spiro atoms. The fourth-order valence-corrected chi connectivity index (χ4v) is 3.06. The summed E-state index contributed by atoms with van der Waals surface area (Å²) in [6, 6.07) is 7.39. The minimum Gasteiger partial charge on any atom is -0.329 e. The molecule has 1 saturated heterocycles. The molecular formula is C17H16N6O. The topological polar surface area (TPSA) is 87.7 Å². The molecule has 0 unspecified atom stereocenters. The lowest BCUT2D eigenvalue weighted by Crippen LogP contribution is -2.31. The predicted molar refractivity (Wildman–Crippen MR) is 86.9 cm³/mol. The fraction of sp³-hybridized carbons (Fsp3) is 0.235. The summed E-state index contributed by atoms with van der Waals surface area (Å²) in [4.78, 5) is 27.0. The highest BCUT2D eigenvalue weighted by Gasteiger charge is 2.32. The molecule has 1 fully saturated rings. The van der Waals surface area contributed by atoms with Crippen LogP contribution in [0.15, 0.2) is 49.2 Å². The predicted octanol–water partition coefficient (Wildman–Crippen LogP) is 2.24. The first kappa shape index (κ1) is 14.5. The molecule has 0 aliphatic carbocycles. The van der Waals surface area contributed by atoms with Crippen molar-refractivity contribution in [2.45, 2.75) is 18.9 Å². The normalized spacial score (nSPS) is 17.2. The van der Waals surface area contributed by atoms with E-state index in [1.54, 1.807) is 24.7 Å². The van der Waals surface area contributed by atoms with Gasteiger partial charge in [0.25, 0.3) is 5.91 Å². The van der Waals surface area contributed by atoms with Gasteiger partial charge in [-0.25, -0.2) is 9.97 Å². The quantitative estimate of drug-likeness (QED) is 0.799. The van der Waals surface area contributed by atoms with Gasteiger partial charge in [0.1, 0.15) is 12.0 Å². The number of pyridine rings is 1. The van der Waals surface area contributed by atoms with Crippen molar-refractivity contribution >= 4 is 5.91 Å². The van der Waals surface area contributed by atoms with Crippen LogP contribution in [0.2, 0.25) is 0 Å². The van der Waals surface area contributed by atoms with Crippen LogP contribution in [0.3, 0.4) is 0 Å². The van der Waals surface area contributed by atoms with E-state index < -0.39 is 0 Å². The van der Waals surface area contributed by atoms with Crippen LogP contribution in [-0.4, -0.2) is 42.5 Å². The average Bonchev–Trinajstić information content (AvgIpc) is 3.32. The summed E-state index contributed by atoms with van der Waals surface area (Å²) in [5, 5.41) is 7.09. The first-order valence-electron chi connectivity index (χ1n) is 7.85. The summed E-state index contributed by atoms with van der Waals surface area (Å²) in [7, 11) is 0. The number of aromatic amines is 1. The van der Waals surface area contributed by atoms with Crippen LogP contribution in [0.4, 0.5) is 0 Å². The van der Waals surface area contributed by atoms with E-state index in [1.165, 1.54) is 6.33 Å². The maximum atomic E-state index is 12.9. The van der Waals surface area contributed by atoms with E-state index in [4.69, 9.17) is 0 Å². The highest BCUT2D eigenvalue weighted by molar-refractivity contribution is 5.93. The molecule has 0 radical (unpaired) electrons. The summed E-state index contributed by atoms with van der Waals surface area (Å²) in [6.07, 6.45) is 8.53. The Kier molecular flexibility index (Phi) is 3.74. The molecule has 1 amide bonds. The summed E-state index contributed by atoms with van der Waals surface area (Å²) in [5.74, 6) is -0.0567. The van der Waals surface area contributed by atoms with Crippen molar-refractivity contribution in [1.29, 1.82) is 0 Å². The van der Waals surface area contributed by atoms with Gasteiger partial charge in [-0.05, 0) is 37.1 Å². The number of likely N-dealkylation sites (tertiary alicyclic amines) is 1. The molecule has 0 bridgehead atoms. The molecule has 1 atom stereocenters. The van der Waals surface area contributed by atoms with E-state index in [2.05, 4.69) is 25.1 Å². The van der Waals surface area contributed by atoms with Crippen LogP contribution in [0.25, 0.3) is 11.3 Å². The van der Waals surface area contributed by atoms with Crippen LogP contribution < -0.4 is 0 Å². The minimum absolute atomic E-state index is 0.00866. The third kappa shape index (κ3) is 2.64. The summed E-state index contributed by atoms with van der Waals surface area (Å²) in [5.41, 5.74) is 2.95. The van der Waals surface area contributed by atoms with Crippen molar-refractivity contribution < 1.29 is 4.79 Å². The zero-order chi connectivity index (χ0) is 16.4. The highest BCUT2D eigenvalue weighted by atomic mass is 16.2. The Morgan fingerprint density at radius 3 is 3.00 bits per heavy atom. The monoisotopic (exact) mass is 320 g/mol. The van der Waals surface area contributed by atoms with Gasteiger partial charge in [0, 0.05) is 30.7 Å². The number of nitrogens with zero attached hydrogens (tertiary/aromatic N) is 5. The maximum absolute atomic E-state index is 12.9. The first-order valence-corrected chi connectivity index (χ1v) is 7.85. The molecule has 3 aromatic rings. The van der Waals surface area contributed by atoms with Crippen molar-refractivity contribution in [3.63, 3.8) is 0 Å². The molecule has 7 heteroatoms. The Hall–Kier alpha value is -3.09. The second-order valence-corrected chi connectivity index (χ2v) is 5.70. The van der Waals surface area contributed by atoms with Gasteiger partial charge in [0.2, 0.25) is 0 Å². The number of amides is 1. The van der Waals surface area contributed by atoms with E-state index in [9.17, 15) is 4.79 Å². The molecule has 0 aromatic carbocycles. The average molecular weight is 320 g/mol. The van der Waals surface area contributed by atoms with E-state index in [1.807, 2.05) is 23.1 Å². The number of carbonyl (C=O) groups excluding carboxylic acids is 1. The standard InChI is InChI=1S/C17H16N6O/c24-17(15-9-14(21-22-15)12-3-1-6-18-10-12)23-8-2-4-16(23)13-5-7-19-11-20-13/h1,3,5-7,9-11,16H,2,4,8H2,(H,21,22)/t16-/m0/s1. The zero-order valence-electron chi connectivity index (χ0n) is 13.0. The van der Waals surface area contributed by atoms with E-state index in [0.717, 1.165) is 30.6 Å². The van der Waals surface area contributed by atoms with Gasteiger partial charge in [-0.15, -0.1) is 0 Å². The van der Waals surface area contributed by atoms with Crippen LogP contribution >= 0.6 is 0 Å². The smallest absolute Gasteiger partial charge is 0.272 e. The Morgan fingerprint density at radius 1 is 1.25 bits per heavy atom. The lowest BCUT2D eigenvalue weighted by Gasteiger charge is -2.23. The van der Waals surface area contributed by atoms with Crippen molar-refractivity contribution in [1.82, 2.24) is 30.0 Å². The van der Waals surface area contributed by atoms with E-state index in [-0.39, 0.29) is 11.9 Å². The second kappa shape index (κ2) is 6.19. The molecular weight excluding hydrogens is 304 g/mol. The van der Waals surface area contributed by atoms with Gasteiger partial charge in [-0.2, -0.15) is 5.10 Å². The molecule has 1 N–H and O–H groups in total. The molecule has 3 aromatic heterocycles. The SMILES string of the molecule is O=C(c1cc(-c2cccnc2)n[nH]1)N1CCC[C@H]1c1ccncn1. The zero-order valence-corrected chi connectivity index (χ0v) is 13.0. The molecule has 120 valence electrons. The number of hydrogen-bond donors (Lipinski definition) is 1. The Morgan fingerprint density at radius 2 is 2.21 bits per heavy atom. The molecule has 4 rings (SSSR count). The fourth-order valence-electron chi connectivity index (χ4n) is 3.06. The summed E-state index contributed by atoms with van der Waals surface area (Å²) < 4.78 is 0. The van der Waals surface area contributed by atoms with Gasteiger partial charge in [-0.1, -0.05) is 0 Å². The molecule has 7 nitrogen and oxygen atoms in total. The van der Waals surface area contributed by atoms with Gasteiger partial charge >= 0.3 is 0 Å². The van der Waals surface area contributed by atoms with Crippen molar-refractivity contribution in [2.24, 2.45) is 0 Å². The number of carbonyl (C=O) groups is 1.